The zero-order valence-electron chi connectivity index (χ0n) is 7.28. The Kier molecular flexibility index (Phi) is 3.09. The highest BCUT2D eigenvalue weighted by molar-refractivity contribution is 6.33. The molecule has 0 amide bonds. The second kappa shape index (κ2) is 4.11. The van der Waals surface area contributed by atoms with Crippen LogP contribution in [0.4, 0.5) is 0 Å². The number of rotatable bonds is 3. The van der Waals surface area contributed by atoms with Gasteiger partial charge in [-0.05, 0) is 12.1 Å². The van der Waals surface area contributed by atoms with Gasteiger partial charge in [0.05, 0.1) is 17.7 Å². The zero-order chi connectivity index (χ0) is 10.7. The SMILES string of the molecule is COc1c(C(=O)O)ccc(Cl)c1C=O. The van der Waals surface area contributed by atoms with Gasteiger partial charge in [-0.3, -0.25) is 4.79 Å². The van der Waals surface area contributed by atoms with Gasteiger partial charge in [-0.25, -0.2) is 4.79 Å². The van der Waals surface area contributed by atoms with Crippen molar-refractivity contribution in [3.63, 3.8) is 0 Å². The highest BCUT2D eigenvalue weighted by atomic mass is 35.5. The Bertz CT molecular complexity index is 387. The third kappa shape index (κ3) is 1.70. The van der Waals surface area contributed by atoms with E-state index in [2.05, 4.69) is 0 Å². The van der Waals surface area contributed by atoms with Crippen LogP contribution >= 0.6 is 11.6 Å². The Balaban J connectivity index is 3.48. The number of halogens is 1. The minimum absolute atomic E-state index is 0.0139. The smallest absolute Gasteiger partial charge is 0.339 e. The van der Waals surface area contributed by atoms with Crippen LogP contribution in [0, 0.1) is 0 Å². The largest absolute Gasteiger partial charge is 0.495 e. The summed E-state index contributed by atoms with van der Waals surface area (Å²) in [6.07, 6.45) is 0.466. The van der Waals surface area contributed by atoms with Gasteiger partial charge < -0.3 is 9.84 Å². The van der Waals surface area contributed by atoms with Crippen molar-refractivity contribution in [3.8, 4) is 5.75 Å². The number of carboxylic acids is 1. The van der Waals surface area contributed by atoms with Crippen LogP contribution in [-0.2, 0) is 0 Å². The molecule has 0 unspecified atom stereocenters. The number of benzene rings is 1. The van der Waals surface area contributed by atoms with Gasteiger partial charge in [-0.2, -0.15) is 0 Å². The number of carbonyl (C=O) groups is 2. The third-order valence-corrected chi connectivity index (χ3v) is 2.02. The standard InChI is InChI=1S/C9H7ClO4/c1-14-8-5(9(12)13)2-3-7(10)6(8)4-11/h2-4H,1H3,(H,12,13). The highest BCUT2D eigenvalue weighted by Crippen LogP contribution is 2.28. The van der Waals surface area contributed by atoms with Gasteiger partial charge in [-0.1, -0.05) is 11.6 Å². The van der Waals surface area contributed by atoms with Crippen molar-refractivity contribution >= 4 is 23.9 Å². The topological polar surface area (TPSA) is 63.6 Å². The highest BCUT2D eigenvalue weighted by Gasteiger charge is 2.16. The molecular formula is C9H7ClO4. The van der Waals surface area contributed by atoms with Gasteiger partial charge in [0.1, 0.15) is 11.3 Å². The van der Waals surface area contributed by atoms with E-state index in [4.69, 9.17) is 21.4 Å². The molecule has 0 atom stereocenters. The second-order valence-corrected chi connectivity index (χ2v) is 2.87. The Hall–Kier alpha value is -1.55. The molecule has 4 nitrogen and oxygen atoms in total. The summed E-state index contributed by atoms with van der Waals surface area (Å²) in [6.45, 7) is 0. The maximum absolute atomic E-state index is 10.7. The summed E-state index contributed by atoms with van der Waals surface area (Å²) in [6, 6.07) is 2.63. The molecule has 0 aliphatic rings. The predicted molar refractivity (Wildman–Crippen MR) is 50.4 cm³/mol. The van der Waals surface area contributed by atoms with Crippen molar-refractivity contribution in [2.45, 2.75) is 0 Å². The van der Waals surface area contributed by atoms with Gasteiger partial charge >= 0.3 is 5.97 Å². The van der Waals surface area contributed by atoms with Crippen molar-refractivity contribution in [1.29, 1.82) is 0 Å². The molecule has 1 N–H and O–H groups in total. The number of hydrogen-bond acceptors (Lipinski definition) is 3. The number of methoxy groups -OCH3 is 1. The summed E-state index contributed by atoms with van der Waals surface area (Å²) in [4.78, 5) is 21.3. The summed E-state index contributed by atoms with van der Waals surface area (Å²) >= 11 is 5.68. The molecule has 1 rings (SSSR count). The first-order valence-electron chi connectivity index (χ1n) is 3.66. The first-order chi connectivity index (χ1) is 6.61. The van der Waals surface area contributed by atoms with Crippen LogP contribution in [0.15, 0.2) is 12.1 Å². The quantitative estimate of drug-likeness (QED) is 0.780. The van der Waals surface area contributed by atoms with Crippen LogP contribution in [-0.4, -0.2) is 24.5 Å². The summed E-state index contributed by atoms with van der Waals surface area (Å²) in [5.41, 5.74) is -0.0342. The molecular weight excluding hydrogens is 208 g/mol. The fraction of sp³-hybridized carbons (Fsp3) is 0.111. The number of aldehydes is 1. The average molecular weight is 215 g/mol. The van der Waals surface area contributed by atoms with E-state index in [1.807, 2.05) is 0 Å². The summed E-state index contributed by atoms with van der Waals surface area (Å²) in [7, 11) is 1.28. The lowest BCUT2D eigenvalue weighted by Gasteiger charge is -2.08. The number of carbonyl (C=O) groups excluding carboxylic acids is 1. The molecule has 0 aliphatic heterocycles. The molecule has 1 aromatic carbocycles. The van der Waals surface area contributed by atoms with E-state index in [1.54, 1.807) is 0 Å². The van der Waals surface area contributed by atoms with E-state index >= 15 is 0 Å². The van der Waals surface area contributed by atoms with Crippen LogP contribution in [0.1, 0.15) is 20.7 Å². The van der Waals surface area contributed by atoms with Crippen LogP contribution in [0.25, 0.3) is 0 Å². The average Bonchev–Trinajstić information content (AvgIpc) is 2.16. The molecule has 0 spiro atoms. The van der Waals surface area contributed by atoms with Crippen molar-refractivity contribution in [3.05, 3.63) is 28.3 Å². The van der Waals surface area contributed by atoms with E-state index < -0.39 is 5.97 Å². The van der Waals surface area contributed by atoms with Crippen LogP contribution in [0.2, 0.25) is 5.02 Å². The molecule has 0 radical (unpaired) electrons. The van der Waals surface area contributed by atoms with Gasteiger partial charge in [0.2, 0.25) is 0 Å². The maximum atomic E-state index is 10.7. The molecule has 0 heterocycles. The number of carboxylic acid groups (broad SMARTS) is 1. The van der Waals surface area contributed by atoms with Crippen LogP contribution < -0.4 is 4.74 Å². The fourth-order valence-electron chi connectivity index (χ4n) is 1.07. The third-order valence-electron chi connectivity index (χ3n) is 1.70. The summed E-state index contributed by atoms with van der Waals surface area (Å²) < 4.78 is 4.81. The van der Waals surface area contributed by atoms with Crippen molar-refractivity contribution in [1.82, 2.24) is 0 Å². The van der Waals surface area contributed by atoms with Crippen LogP contribution in [0.5, 0.6) is 5.75 Å². The Labute approximate surface area is 85.1 Å². The van der Waals surface area contributed by atoms with Gasteiger partial charge in [0.25, 0.3) is 0 Å². The molecule has 1 aromatic rings. The van der Waals surface area contributed by atoms with E-state index in [1.165, 1.54) is 19.2 Å². The van der Waals surface area contributed by atoms with E-state index in [0.29, 0.717) is 6.29 Å². The number of hydrogen-bond donors (Lipinski definition) is 1. The van der Waals surface area contributed by atoms with Crippen molar-refractivity contribution in [2.24, 2.45) is 0 Å². The summed E-state index contributed by atoms with van der Waals surface area (Å²) in [5.74, 6) is -1.18. The summed E-state index contributed by atoms with van der Waals surface area (Å²) in [5, 5.41) is 8.94. The Morgan fingerprint density at radius 3 is 2.64 bits per heavy atom. The van der Waals surface area contributed by atoms with Crippen LogP contribution in [0.3, 0.4) is 0 Å². The van der Waals surface area contributed by atoms with Gasteiger partial charge in [-0.15, -0.1) is 0 Å². The molecule has 0 bridgehead atoms. The molecule has 14 heavy (non-hydrogen) atoms. The first kappa shape index (κ1) is 10.5. The first-order valence-corrected chi connectivity index (χ1v) is 4.04. The van der Waals surface area contributed by atoms with E-state index in [-0.39, 0.29) is 21.9 Å². The Morgan fingerprint density at radius 1 is 1.57 bits per heavy atom. The number of ether oxygens (including phenoxy) is 1. The van der Waals surface area contributed by atoms with E-state index in [0.717, 1.165) is 0 Å². The molecule has 0 fully saturated rings. The lowest BCUT2D eigenvalue weighted by Crippen LogP contribution is -2.03. The monoisotopic (exact) mass is 214 g/mol. The molecule has 0 aliphatic carbocycles. The van der Waals surface area contributed by atoms with Gasteiger partial charge in [0.15, 0.2) is 6.29 Å². The van der Waals surface area contributed by atoms with Crippen molar-refractivity contribution < 1.29 is 19.4 Å². The molecule has 74 valence electrons. The predicted octanol–water partition coefficient (Wildman–Crippen LogP) is 1.86. The fourth-order valence-corrected chi connectivity index (χ4v) is 1.27. The molecule has 0 saturated heterocycles. The second-order valence-electron chi connectivity index (χ2n) is 2.46. The lowest BCUT2D eigenvalue weighted by molar-refractivity contribution is 0.0693. The number of aromatic carboxylic acids is 1. The lowest BCUT2D eigenvalue weighted by atomic mass is 10.1. The molecule has 0 aromatic heterocycles. The van der Waals surface area contributed by atoms with Gasteiger partial charge in [0, 0.05) is 0 Å². The van der Waals surface area contributed by atoms with Crippen molar-refractivity contribution in [2.75, 3.05) is 7.11 Å². The minimum atomic E-state index is -1.17. The maximum Gasteiger partial charge on any atom is 0.339 e. The molecule has 5 heteroatoms. The van der Waals surface area contributed by atoms with E-state index in [9.17, 15) is 9.59 Å². The Morgan fingerprint density at radius 2 is 2.21 bits per heavy atom. The normalized spacial score (nSPS) is 9.57. The zero-order valence-corrected chi connectivity index (χ0v) is 8.04. The minimum Gasteiger partial charge on any atom is -0.495 e. The molecule has 0 saturated carbocycles.